The van der Waals surface area contributed by atoms with Crippen LogP contribution in [-0.2, 0) is 9.59 Å². The number of urea groups is 1. The summed E-state index contributed by atoms with van der Waals surface area (Å²) in [6, 6.07) is 3.01. The first-order valence-electron chi connectivity index (χ1n) is 6.14. The molecule has 7 nitrogen and oxygen atoms in total. The van der Waals surface area contributed by atoms with E-state index in [1.54, 1.807) is 18.2 Å². The van der Waals surface area contributed by atoms with Crippen molar-refractivity contribution < 1.29 is 19.5 Å². The van der Waals surface area contributed by atoms with E-state index >= 15 is 0 Å². The molecule has 0 bridgehead atoms. The van der Waals surface area contributed by atoms with Gasteiger partial charge in [-0.15, -0.1) is 0 Å². The van der Waals surface area contributed by atoms with Crippen LogP contribution in [0.1, 0.15) is 18.4 Å². The number of anilines is 1. The van der Waals surface area contributed by atoms with Crippen molar-refractivity contribution in [2.45, 2.75) is 25.8 Å². The lowest BCUT2D eigenvalue weighted by molar-refractivity contribution is -0.139. The number of aliphatic carboxylic acids is 1. The number of nitrogens with two attached hydrogens (primary N) is 1. The van der Waals surface area contributed by atoms with Crippen LogP contribution in [0.25, 0.3) is 0 Å². The molecule has 114 valence electrons. The SMILES string of the molecule is Cc1ccc(NC(=O)N[C@H](CCC(N)=O)C(=O)O)cc1Cl. The molecular formula is C13H16ClN3O4. The van der Waals surface area contributed by atoms with E-state index in [1.165, 1.54) is 0 Å². The Kier molecular flexibility index (Phi) is 5.98. The number of hydrogen-bond donors (Lipinski definition) is 4. The Bertz CT molecular complexity index is 562. The number of amides is 3. The van der Waals surface area contributed by atoms with Gasteiger partial charge in [-0.1, -0.05) is 17.7 Å². The summed E-state index contributed by atoms with van der Waals surface area (Å²) < 4.78 is 0. The van der Waals surface area contributed by atoms with Gasteiger partial charge >= 0.3 is 12.0 Å². The molecule has 1 rings (SSSR count). The topological polar surface area (TPSA) is 122 Å². The van der Waals surface area contributed by atoms with Gasteiger partial charge in [0.1, 0.15) is 6.04 Å². The average molecular weight is 314 g/mol. The quantitative estimate of drug-likeness (QED) is 0.635. The lowest BCUT2D eigenvalue weighted by atomic mass is 10.1. The van der Waals surface area contributed by atoms with Crippen molar-refractivity contribution in [2.75, 3.05) is 5.32 Å². The Morgan fingerprint density at radius 3 is 2.57 bits per heavy atom. The van der Waals surface area contributed by atoms with Crippen molar-refractivity contribution >= 4 is 35.2 Å². The summed E-state index contributed by atoms with van der Waals surface area (Å²) in [7, 11) is 0. The zero-order valence-electron chi connectivity index (χ0n) is 11.4. The van der Waals surface area contributed by atoms with E-state index < -0.39 is 23.9 Å². The fourth-order valence-electron chi connectivity index (χ4n) is 1.54. The number of rotatable bonds is 6. The second kappa shape index (κ2) is 7.49. The van der Waals surface area contributed by atoms with Gasteiger partial charge in [0.15, 0.2) is 0 Å². The molecule has 1 aromatic rings. The minimum Gasteiger partial charge on any atom is -0.480 e. The largest absolute Gasteiger partial charge is 0.480 e. The Hall–Kier alpha value is -2.28. The number of carbonyl (C=O) groups excluding carboxylic acids is 2. The second-order valence-corrected chi connectivity index (χ2v) is 4.87. The predicted molar refractivity (Wildman–Crippen MR) is 78.2 cm³/mol. The zero-order chi connectivity index (χ0) is 16.0. The van der Waals surface area contributed by atoms with E-state index in [0.717, 1.165) is 5.56 Å². The number of nitrogens with one attached hydrogen (secondary N) is 2. The van der Waals surface area contributed by atoms with Gasteiger partial charge < -0.3 is 21.5 Å². The summed E-state index contributed by atoms with van der Waals surface area (Å²) in [5.41, 5.74) is 6.24. The van der Waals surface area contributed by atoms with Crippen molar-refractivity contribution in [3.8, 4) is 0 Å². The van der Waals surface area contributed by atoms with Gasteiger partial charge in [-0.3, -0.25) is 4.79 Å². The summed E-state index contributed by atoms with van der Waals surface area (Å²) in [6.07, 6.45) is -0.208. The van der Waals surface area contributed by atoms with E-state index in [9.17, 15) is 14.4 Å². The molecule has 1 aromatic carbocycles. The first-order valence-corrected chi connectivity index (χ1v) is 6.52. The molecule has 0 aliphatic heterocycles. The molecular weight excluding hydrogens is 298 g/mol. The number of halogens is 1. The molecule has 0 fully saturated rings. The highest BCUT2D eigenvalue weighted by Crippen LogP contribution is 2.19. The number of carbonyl (C=O) groups is 3. The summed E-state index contributed by atoms with van der Waals surface area (Å²) in [5, 5.41) is 14.2. The third-order valence-electron chi connectivity index (χ3n) is 2.71. The van der Waals surface area contributed by atoms with Crippen LogP contribution in [0.4, 0.5) is 10.5 Å². The number of carboxylic acid groups (broad SMARTS) is 1. The Balaban J connectivity index is 2.62. The van der Waals surface area contributed by atoms with Crippen molar-refractivity contribution in [1.29, 1.82) is 0 Å². The van der Waals surface area contributed by atoms with E-state index in [1.807, 2.05) is 6.92 Å². The lowest BCUT2D eigenvalue weighted by Crippen LogP contribution is -2.43. The minimum atomic E-state index is -1.24. The second-order valence-electron chi connectivity index (χ2n) is 4.46. The van der Waals surface area contributed by atoms with Crippen LogP contribution in [0.15, 0.2) is 18.2 Å². The molecule has 21 heavy (non-hydrogen) atoms. The maximum atomic E-state index is 11.7. The molecule has 0 heterocycles. The highest BCUT2D eigenvalue weighted by molar-refractivity contribution is 6.31. The number of aryl methyl sites for hydroxylation is 1. The smallest absolute Gasteiger partial charge is 0.326 e. The molecule has 0 saturated heterocycles. The highest BCUT2D eigenvalue weighted by atomic mass is 35.5. The van der Waals surface area contributed by atoms with Crippen molar-refractivity contribution in [2.24, 2.45) is 5.73 Å². The van der Waals surface area contributed by atoms with Crippen LogP contribution < -0.4 is 16.4 Å². The Morgan fingerprint density at radius 1 is 1.38 bits per heavy atom. The molecule has 0 aliphatic carbocycles. The highest BCUT2D eigenvalue weighted by Gasteiger charge is 2.20. The van der Waals surface area contributed by atoms with Gasteiger partial charge in [0.2, 0.25) is 5.91 Å². The van der Waals surface area contributed by atoms with Crippen molar-refractivity contribution in [1.82, 2.24) is 5.32 Å². The van der Waals surface area contributed by atoms with E-state index in [2.05, 4.69) is 10.6 Å². The zero-order valence-corrected chi connectivity index (χ0v) is 12.1. The third-order valence-corrected chi connectivity index (χ3v) is 3.12. The molecule has 8 heteroatoms. The van der Waals surface area contributed by atoms with Crippen molar-refractivity contribution in [3.05, 3.63) is 28.8 Å². The fourth-order valence-corrected chi connectivity index (χ4v) is 1.72. The predicted octanol–water partition coefficient (Wildman–Crippen LogP) is 1.49. The van der Waals surface area contributed by atoms with E-state index in [0.29, 0.717) is 10.7 Å². The molecule has 0 spiro atoms. The molecule has 1 atom stereocenters. The molecule has 0 saturated carbocycles. The normalized spacial score (nSPS) is 11.5. The number of hydrogen-bond acceptors (Lipinski definition) is 3. The van der Waals surface area contributed by atoms with Crippen molar-refractivity contribution in [3.63, 3.8) is 0 Å². The van der Waals surface area contributed by atoms with Crippen LogP contribution in [0.3, 0.4) is 0 Å². The standard InChI is InChI=1S/C13H16ClN3O4/c1-7-2-3-8(6-9(7)14)16-13(21)17-10(12(19)20)4-5-11(15)18/h2-3,6,10H,4-5H2,1H3,(H2,15,18)(H,19,20)(H2,16,17,21)/t10-/m1/s1. The molecule has 0 aliphatic rings. The number of primary amides is 1. The number of benzene rings is 1. The summed E-state index contributed by atoms with van der Waals surface area (Å²) >= 11 is 5.92. The van der Waals surface area contributed by atoms with Gasteiger partial charge in [0.05, 0.1) is 0 Å². The fraction of sp³-hybridized carbons (Fsp3) is 0.308. The van der Waals surface area contributed by atoms with Crippen LogP contribution in [0, 0.1) is 6.92 Å². The van der Waals surface area contributed by atoms with Crippen LogP contribution >= 0.6 is 11.6 Å². The maximum Gasteiger partial charge on any atom is 0.326 e. The Labute approximate surface area is 126 Å². The molecule has 0 aromatic heterocycles. The number of carboxylic acids is 1. The molecule has 5 N–H and O–H groups in total. The average Bonchev–Trinajstić information content (AvgIpc) is 2.38. The molecule has 0 radical (unpaired) electrons. The minimum absolute atomic E-state index is 0.0766. The monoisotopic (exact) mass is 313 g/mol. The van der Waals surface area contributed by atoms with Gasteiger partial charge in [-0.05, 0) is 31.0 Å². The Morgan fingerprint density at radius 2 is 2.05 bits per heavy atom. The van der Waals surface area contributed by atoms with Gasteiger partial charge in [0.25, 0.3) is 0 Å². The van der Waals surface area contributed by atoms with Crippen LogP contribution in [-0.4, -0.2) is 29.1 Å². The van der Waals surface area contributed by atoms with Gasteiger partial charge in [-0.25, -0.2) is 9.59 Å². The summed E-state index contributed by atoms with van der Waals surface area (Å²) in [6.45, 7) is 1.82. The summed E-state index contributed by atoms with van der Waals surface area (Å²) in [4.78, 5) is 33.4. The first kappa shape index (κ1) is 16.8. The van der Waals surface area contributed by atoms with E-state index in [-0.39, 0.29) is 12.8 Å². The summed E-state index contributed by atoms with van der Waals surface area (Å²) in [5.74, 6) is -1.87. The van der Waals surface area contributed by atoms with Gasteiger partial charge in [-0.2, -0.15) is 0 Å². The van der Waals surface area contributed by atoms with E-state index in [4.69, 9.17) is 22.4 Å². The third kappa shape index (κ3) is 5.70. The lowest BCUT2D eigenvalue weighted by Gasteiger charge is -2.14. The van der Waals surface area contributed by atoms with Crippen LogP contribution in [0.2, 0.25) is 5.02 Å². The van der Waals surface area contributed by atoms with Gasteiger partial charge in [0, 0.05) is 17.1 Å². The molecule has 3 amide bonds. The van der Waals surface area contributed by atoms with Crippen LogP contribution in [0.5, 0.6) is 0 Å². The first-order chi connectivity index (χ1) is 9.79. The maximum absolute atomic E-state index is 11.7. The molecule has 0 unspecified atom stereocenters.